The van der Waals surface area contributed by atoms with Gasteiger partial charge in [-0.25, -0.2) is 0 Å². The smallest absolute Gasteiger partial charge is 0.306 e. The van der Waals surface area contributed by atoms with Gasteiger partial charge in [0.25, 0.3) is 0 Å². The van der Waals surface area contributed by atoms with E-state index in [2.05, 4.69) is 50.4 Å². The Hall–Kier alpha value is -1.66. The summed E-state index contributed by atoms with van der Waals surface area (Å²) in [7, 11) is 0. The van der Waals surface area contributed by atoms with Gasteiger partial charge in [0.1, 0.15) is 6.10 Å². The van der Waals surface area contributed by atoms with Gasteiger partial charge in [-0.3, -0.25) is 9.59 Å². The molecule has 0 spiro atoms. The summed E-state index contributed by atoms with van der Waals surface area (Å²) in [6.45, 7) is 6.40. The Morgan fingerprint density at radius 3 is 1.45 bits per heavy atom. The Kier molecular flexibility index (Phi) is 40.2. The molecule has 1 amide bonds. The molecule has 0 aliphatic heterocycles. The van der Waals surface area contributed by atoms with Gasteiger partial charge in [-0.2, -0.15) is 0 Å². The number of carbonyl (C=O) groups excluding carboxylic acids is 2. The zero-order valence-electron chi connectivity index (χ0n) is 35.4. The van der Waals surface area contributed by atoms with Crippen molar-refractivity contribution in [1.82, 2.24) is 5.32 Å². The molecule has 312 valence electrons. The summed E-state index contributed by atoms with van der Waals surface area (Å²) >= 11 is 0. The molecule has 0 aromatic heterocycles. The largest absolute Gasteiger partial charge is 0.462 e. The van der Waals surface area contributed by atoms with Crippen LogP contribution < -0.4 is 5.32 Å². The standard InChI is InChI=1S/C47H89NO5/c1-4-7-10-13-16-19-21-23-24-27-30-33-36-39-45(50)44(42-49)48-46(51)41-43(38-35-32-29-26-18-15-12-9-6-3)53-47(52)40-37-34-31-28-25-22-20-17-14-11-8-5-2/h15,17-18,20,43-45,49-50H,4-14,16,19,21-42H2,1-3H3,(H,48,51)/b18-15-,20-17-. The van der Waals surface area contributed by atoms with Gasteiger partial charge in [0.05, 0.1) is 25.2 Å². The maximum Gasteiger partial charge on any atom is 0.306 e. The Bertz CT molecular complexity index is 843. The van der Waals surface area contributed by atoms with Crippen LogP contribution in [0, 0.1) is 0 Å². The van der Waals surface area contributed by atoms with Gasteiger partial charge in [-0.1, -0.05) is 180 Å². The number of unbranched alkanes of at least 4 members (excludes halogenated alkanes) is 25. The lowest BCUT2D eigenvalue weighted by atomic mass is 10.0. The second-order valence-electron chi connectivity index (χ2n) is 15.8. The zero-order chi connectivity index (χ0) is 38.9. The van der Waals surface area contributed by atoms with Gasteiger partial charge in [-0.15, -0.1) is 0 Å². The third-order valence-electron chi connectivity index (χ3n) is 10.5. The molecule has 0 radical (unpaired) electrons. The van der Waals surface area contributed by atoms with Crippen LogP contribution in [0.4, 0.5) is 0 Å². The maximum absolute atomic E-state index is 13.1. The molecule has 0 aliphatic carbocycles. The molecule has 3 unspecified atom stereocenters. The number of ether oxygens (including phenoxy) is 1. The molecule has 0 fully saturated rings. The third kappa shape index (κ3) is 37.1. The van der Waals surface area contributed by atoms with Crippen LogP contribution in [0.1, 0.15) is 239 Å². The Balaban J connectivity index is 4.52. The number of aliphatic hydroxyl groups excluding tert-OH is 2. The van der Waals surface area contributed by atoms with Gasteiger partial charge in [0, 0.05) is 6.42 Å². The number of aliphatic hydroxyl groups is 2. The van der Waals surface area contributed by atoms with Crippen LogP contribution in [0.2, 0.25) is 0 Å². The molecule has 3 atom stereocenters. The van der Waals surface area contributed by atoms with Gasteiger partial charge in [-0.05, 0) is 70.6 Å². The minimum atomic E-state index is -0.787. The molecule has 0 saturated carbocycles. The zero-order valence-corrected chi connectivity index (χ0v) is 35.4. The van der Waals surface area contributed by atoms with Crippen molar-refractivity contribution in [1.29, 1.82) is 0 Å². The summed E-state index contributed by atoms with van der Waals surface area (Å²) in [5, 5.41) is 23.6. The first-order valence-corrected chi connectivity index (χ1v) is 23.1. The normalized spacial score (nSPS) is 13.5. The molecule has 0 bridgehead atoms. The maximum atomic E-state index is 13.1. The highest BCUT2D eigenvalue weighted by molar-refractivity contribution is 5.77. The summed E-state index contributed by atoms with van der Waals surface area (Å²) < 4.78 is 5.87. The first-order valence-electron chi connectivity index (χ1n) is 23.1. The quantitative estimate of drug-likeness (QED) is 0.0329. The van der Waals surface area contributed by atoms with E-state index in [-0.39, 0.29) is 24.9 Å². The van der Waals surface area contributed by atoms with Gasteiger partial charge in [0.15, 0.2) is 0 Å². The van der Waals surface area contributed by atoms with Crippen LogP contribution in [0.5, 0.6) is 0 Å². The fourth-order valence-electron chi connectivity index (χ4n) is 6.93. The predicted octanol–water partition coefficient (Wildman–Crippen LogP) is 13.2. The van der Waals surface area contributed by atoms with E-state index in [9.17, 15) is 19.8 Å². The van der Waals surface area contributed by atoms with Crippen molar-refractivity contribution in [2.45, 2.75) is 257 Å². The topological polar surface area (TPSA) is 95.9 Å². The molecule has 0 heterocycles. The first-order chi connectivity index (χ1) is 26.0. The van der Waals surface area contributed by atoms with E-state index < -0.39 is 18.2 Å². The molecule has 0 aliphatic rings. The van der Waals surface area contributed by atoms with E-state index in [1.165, 1.54) is 122 Å². The van der Waals surface area contributed by atoms with Crippen LogP contribution in [0.3, 0.4) is 0 Å². The van der Waals surface area contributed by atoms with Crippen LogP contribution in [0.25, 0.3) is 0 Å². The first kappa shape index (κ1) is 51.3. The number of nitrogens with one attached hydrogen (secondary N) is 1. The molecule has 0 aromatic rings. The lowest BCUT2D eigenvalue weighted by Gasteiger charge is -2.24. The number of amides is 1. The second kappa shape index (κ2) is 41.5. The molecular formula is C47H89NO5. The molecule has 53 heavy (non-hydrogen) atoms. The highest BCUT2D eigenvalue weighted by Gasteiger charge is 2.24. The third-order valence-corrected chi connectivity index (χ3v) is 10.5. The van der Waals surface area contributed by atoms with E-state index >= 15 is 0 Å². The van der Waals surface area contributed by atoms with Gasteiger partial charge >= 0.3 is 5.97 Å². The Morgan fingerprint density at radius 1 is 0.528 bits per heavy atom. The lowest BCUT2D eigenvalue weighted by Crippen LogP contribution is -2.46. The van der Waals surface area contributed by atoms with Crippen molar-refractivity contribution in [2.24, 2.45) is 0 Å². The van der Waals surface area contributed by atoms with E-state index in [0.29, 0.717) is 19.3 Å². The van der Waals surface area contributed by atoms with Crippen molar-refractivity contribution >= 4 is 11.9 Å². The van der Waals surface area contributed by atoms with Crippen LogP contribution in [-0.4, -0.2) is 46.9 Å². The highest BCUT2D eigenvalue weighted by Crippen LogP contribution is 2.17. The van der Waals surface area contributed by atoms with Crippen LogP contribution in [0.15, 0.2) is 24.3 Å². The Labute approximate surface area is 329 Å². The van der Waals surface area contributed by atoms with E-state index in [1.54, 1.807) is 0 Å². The SMILES string of the molecule is CCCC/C=C\CCCCCC(CC(=O)NC(CO)C(O)CCCCCCCCCCCCCCC)OC(=O)CCCCCCC/C=C\CCCCC. The summed E-state index contributed by atoms with van der Waals surface area (Å²) in [5.41, 5.74) is 0. The number of rotatable bonds is 41. The van der Waals surface area contributed by atoms with E-state index in [4.69, 9.17) is 4.74 Å². The summed E-state index contributed by atoms with van der Waals surface area (Å²) in [5.74, 6) is -0.498. The average molecular weight is 748 g/mol. The summed E-state index contributed by atoms with van der Waals surface area (Å²) in [6, 6.07) is -0.702. The fourth-order valence-corrected chi connectivity index (χ4v) is 6.93. The van der Waals surface area contributed by atoms with Gasteiger partial charge < -0.3 is 20.3 Å². The monoisotopic (exact) mass is 748 g/mol. The second-order valence-corrected chi connectivity index (χ2v) is 15.8. The van der Waals surface area contributed by atoms with E-state index in [1.807, 2.05) is 0 Å². The lowest BCUT2D eigenvalue weighted by molar-refractivity contribution is -0.151. The van der Waals surface area contributed by atoms with Crippen molar-refractivity contribution in [3.63, 3.8) is 0 Å². The molecule has 6 nitrogen and oxygen atoms in total. The number of hydrogen-bond donors (Lipinski definition) is 3. The van der Waals surface area contributed by atoms with Crippen molar-refractivity contribution in [3.05, 3.63) is 24.3 Å². The highest BCUT2D eigenvalue weighted by atomic mass is 16.5. The number of esters is 1. The fraction of sp³-hybridized carbons (Fsp3) is 0.872. The van der Waals surface area contributed by atoms with E-state index in [0.717, 1.165) is 70.6 Å². The van der Waals surface area contributed by atoms with Crippen molar-refractivity contribution in [3.8, 4) is 0 Å². The summed E-state index contributed by atoms with van der Waals surface area (Å²) in [6.07, 6.45) is 45.2. The number of hydrogen-bond acceptors (Lipinski definition) is 5. The molecule has 3 N–H and O–H groups in total. The molecular weight excluding hydrogens is 659 g/mol. The number of allylic oxidation sites excluding steroid dienone is 4. The summed E-state index contributed by atoms with van der Waals surface area (Å²) in [4.78, 5) is 25.9. The van der Waals surface area contributed by atoms with Crippen molar-refractivity contribution in [2.75, 3.05) is 6.61 Å². The van der Waals surface area contributed by atoms with Gasteiger partial charge in [0.2, 0.25) is 5.91 Å². The molecule has 6 heteroatoms. The minimum Gasteiger partial charge on any atom is -0.462 e. The molecule has 0 rings (SSSR count). The van der Waals surface area contributed by atoms with Crippen molar-refractivity contribution < 1.29 is 24.5 Å². The molecule has 0 aromatic carbocycles. The molecule has 0 saturated heterocycles. The Morgan fingerprint density at radius 2 is 0.925 bits per heavy atom. The van der Waals surface area contributed by atoms with Crippen LogP contribution >= 0.6 is 0 Å². The average Bonchev–Trinajstić information content (AvgIpc) is 3.15. The predicted molar refractivity (Wildman–Crippen MR) is 227 cm³/mol. The minimum absolute atomic E-state index is 0.0661. The number of carbonyl (C=O) groups is 2. The van der Waals surface area contributed by atoms with Crippen LogP contribution in [-0.2, 0) is 14.3 Å².